The van der Waals surface area contributed by atoms with Crippen LogP contribution in [0.4, 0.5) is 17.6 Å². The van der Waals surface area contributed by atoms with Gasteiger partial charge in [-0.05, 0) is 6.07 Å². The number of hydrogen-bond donors (Lipinski definition) is 2. The predicted molar refractivity (Wildman–Crippen MR) is 63.2 cm³/mol. The van der Waals surface area contributed by atoms with Crippen molar-refractivity contribution < 1.29 is 37.1 Å². The second kappa shape index (κ2) is 7.46. The van der Waals surface area contributed by atoms with E-state index in [1.165, 1.54) is 6.07 Å². The molecular weight excluding hydrogens is 283 g/mol. The molecule has 9 heteroatoms. The first-order chi connectivity index (χ1) is 9.29. The van der Waals surface area contributed by atoms with E-state index in [9.17, 15) is 17.6 Å². The maximum Gasteiger partial charge on any atom is 0.491 e. The van der Waals surface area contributed by atoms with E-state index in [2.05, 4.69) is 4.74 Å². The second-order valence-corrected chi connectivity index (χ2v) is 3.93. The minimum atomic E-state index is -4.36. The number of benzene rings is 1. The van der Waals surface area contributed by atoms with E-state index in [1.807, 2.05) is 0 Å². The van der Waals surface area contributed by atoms with E-state index in [0.717, 1.165) is 12.1 Å². The minimum absolute atomic E-state index is 0.0539. The maximum absolute atomic E-state index is 13.3. The van der Waals surface area contributed by atoms with Gasteiger partial charge in [-0.3, -0.25) is 0 Å². The van der Waals surface area contributed by atoms with Crippen LogP contribution < -0.4 is 10.2 Å². The van der Waals surface area contributed by atoms with Crippen molar-refractivity contribution in [2.45, 2.75) is 12.6 Å². The fourth-order valence-corrected chi connectivity index (χ4v) is 1.35. The Hall–Kier alpha value is -1.32. The molecule has 0 amide bonds. The molecule has 1 aromatic rings. The summed E-state index contributed by atoms with van der Waals surface area (Å²) in [4.78, 5) is 0. The third kappa shape index (κ3) is 6.22. The highest BCUT2D eigenvalue weighted by Crippen LogP contribution is 2.15. The number of rotatable bonds is 7. The highest BCUT2D eigenvalue weighted by atomic mass is 19.4. The van der Waals surface area contributed by atoms with Gasteiger partial charge in [0, 0.05) is 17.9 Å². The Morgan fingerprint density at radius 2 is 1.85 bits per heavy atom. The van der Waals surface area contributed by atoms with Crippen molar-refractivity contribution in [1.82, 2.24) is 0 Å². The zero-order valence-corrected chi connectivity index (χ0v) is 10.4. The van der Waals surface area contributed by atoms with Gasteiger partial charge in [-0.25, -0.2) is 4.39 Å². The quantitative estimate of drug-likeness (QED) is 0.445. The fourth-order valence-electron chi connectivity index (χ4n) is 1.35. The van der Waals surface area contributed by atoms with Gasteiger partial charge in [-0.1, -0.05) is 6.07 Å². The Labute approximate surface area is 113 Å². The molecule has 0 aromatic heterocycles. The van der Waals surface area contributed by atoms with Crippen molar-refractivity contribution in [3.8, 4) is 5.75 Å². The fraction of sp³-hybridized carbons (Fsp3) is 0.455. The van der Waals surface area contributed by atoms with Gasteiger partial charge in [0.05, 0.1) is 13.2 Å². The molecule has 0 saturated heterocycles. The summed E-state index contributed by atoms with van der Waals surface area (Å²) in [5, 5.41) is 17.6. The summed E-state index contributed by atoms with van der Waals surface area (Å²) in [6.45, 7) is -1.39. The van der Waals surface area contributed by atoms with Crippen LogP contribution in [0.3, 0.4) is 0 Å². The number of alkyl halides is 3. The first-order valence-electron chi connectivity index (χ1n) is 5.72. The third-order valence-corrected chi connectivity index (χ3v) is 2.22. The van der Waals surface area contributed by atoms with Gasteiger partial charge in [0.1, 0.15) is 18.2 Å². The smallest absolute Gasteiger partial charge is 0.491 e. The first kappa shape index (κ1) is 16.7. The Morgan fingerprint density at radius 3 is 2.40 bits per heavy atom. The Morgan fingerprint density at radius 1 is 1.15 bits per heavy atom. The molecule has 0 saturated carbocycles. The van der Waals surface area contributed by atoms with Gasteiger partial charge < -0.3 is 19.5 Å². The molecule has 0 radical (unpaired) electrons. The van der Waals surface area contributed by atoms with Crippen molar-refractivity contribution in [1.29, 1.82) is 0 Å². The first-order valence-corrected chi connectivity index (χ1v) is 5.72. The van der Waals surface area contributed by atoms with Crippen molar-refractivity contribution in [3.63, 3.8) is 0 Å². The highest BCUT2D eigenvalue weighted by Gasteiger charge is 2.27. The Kier molecular flexibility index (Phi) is 6.25. The zero-order chi connectivity index (χ0) is 15.2. The van der Waals surface area contributed by atoms with Crippen molar-refractivity contribution in [2.75, 3.05) is 19.8 Å². The van der Waals surface area contributed by atoms with Crippen LogP contribution in [0.2, 0.25) is 0 Å². The van der Waals surface area contributed by atoms with Crippen LogP contribution in [-0.4, -0.2) is 43.2 Å². The van der Waals surface area contributed by atoms with Gasteiger partial charge >= 0.3 is 13.3 Å². The lowest BCUT2D eigenvalue weighted by Gasteiger charge is -2.09. The highest BCUT2D eigenvalue weighted by molar-refractivity contribution is 6.58. The SMILES string of the molecule is OB(O)c1ccc(OCCCOCC(F)(F)F)cc1F. The molecule has 0 bridgehead atoms. The standard InChI is InChI=1S/C11H13BF4O4/c13-10-6-8(2-3-9(10)12(17)18)20-5-1-4-19-7-11(14,15)16/h2-3,6,17-18H,1,4-5,7H2. The molecule has 0 fully saturated rings. The lowest BCUT2D eigenvalue weighted by Crippen LogP contribution is -2.32. The average molecular weight is 296 g/mol. The molecule has 0 aliphatic heterocycles. The van der Waals surface area contributed by atoms with Crippen molar-refractivity contribution in [2.24, 2.45) is 0 Å². The second-order valence-electron chi connectivity index (χ2n) is 3.93. The van der Waals surface area contributed by atoms with Gasteiger partial charge in [-0.2, -0.15) is 13.2 Å². The average Bonchev–Trinajstić information content (AvgIpc) is 2.32. The molecule has 0 aliphatic carbocycles. The molecule has 0 atom stereocenters. The number of halogens is 4. The van der Waals surface area contributed by atoms with Crippen LogP contribution in [0.5, 0.6) is 5.75 Å². The lowest BCUT2D eigenvalue weighted by molar-refractivity contribution is -0.174. The van der Waals surface area contributed by atoms with Crippen LogP contribution in [0.25, 0.3) is 0 Å². The largest absolute Gasteiger partial charge is 0.493 e. The third-order valence-electron chi connectivity index (χ3n) is 2.22. The molecule has 2 N–H and O–H groups in total. The Balaban J connectivity index is 2.27. The van der Waals surface area contributed by atoms with Crippen LogP contribution in [0.15, 0.2) is 18.2 Å². The summed E-state index contributed by atoms with van der Waals surface area (Å²) in [6.07, 6.45) is -4.15. The van der Waals surface area contributed by atoms with Crippen LogP contribution in [0, 0.1) is 5.82 Å². The van der Waals surface area contributed by atoms with E-state index in [-0.39, 0.29) is 30.8 Å². The summed E-state index contributed by atoms with van der Waals surface area (Å²) >= 11 is 0. The molecule has 1 rings (SSSR count). The number of ether oxygens (including phenoxy) is 2. The van der Waals surface area contributed by atoms with Crippen LogP contribution >= 0.6 is 0 Å². The lowest BCUT2D eigenvalue weighted by atomic mass is 9.80. The molecule has 112 valence electrons. The van der Waals surface area contributed by atoms with Crippen LogP contribution in [-0.2, 0) is 4.74 Å². The summed E-state index contributed by atoms with van der Waals surface area (Å²) in [5.74, 6) is -0.700. The van der Waals surface area contributed by atoms with E-state index >= 15 is 0 Å². The van der Waals surface area contributed by atoms with Gasteiger partial charge in [0.2, 0.25) is 0 Å². The number of hydrogen-bond acceptors (Lipinski definition) is 4. The molecule has 4 nitrogen and oxygen atoms in total. The van der Waals surface area contributed by atoms with Gasteiger partial charge in [-0.15, -0.1) is 0 Å². The molecule has 0 aliphatic rings. The molecule has 1 aromatic carbocycles. The maximum atomic E-state index is 13.3. The Bertz CT molecular complexity index is 425. The summed E-state index contributed by atoms with van der Waals surface area (Å²) in [7, 11) is -1.92. The van der Waals surface area contributed by atoms with E-state index in [0.29, 0.717) is 0 Å². The summed E-state index contributed by atoms with van der Waals surface area (Å²) < 4.78 is 58.0. The van der Waals surface area contributed by atoms with Gasteiger partial charge in [0.25, 0.3) is 0 Å². The monoisotopic (exact) mass is 296 g/mol. The van der Waals surface area contributed by atoms with Crippen molar-refractivity contribution >= 4 is 12.6 Å². The predicted octanol–water partition coefficient (Wildman–Crippen LogP) is 0.853. The van der Waals surface area contributed by atoms with E-state index < -0.39 is 25.7 Å². The normalized spacial score (nSPS) is 11.5. The van der Waals surface area contributed by atoms with Gasteiger partial charge in [0.15, 0.2) is 0 Å². The van der Waals surface area contributed by atoms with E-state index in [1.54, 1.807) is 0 Å². The van der Waals surface area contributed by atoms with Crippen LogP contribution in [0.1, 0.15) is 6.42 Å². The summed E-state index contributed by atoms with van der Waals surface area (Å²) in [5.41, 5.74) is -0.286. The molecule has 20 heavy (non-hydrogen) atoms. The molecule has 0 heterocycles. The molecule has 0 spiro atoms. The van der Waals surface area contributed by atoms with Crippen molar-refractivity contribution in [3.05, 3.63) is 24.0 Å². The summed E-state index contributed by atoms with van der Waals surface area (Å²) in [6, 6.07) is 3.44. The molecule has 0 unspecified atom stereocenters. The van der Waals surface area contributed by atoms with E-state index in [4.69, 9.17) is 14.8 Å². The minimum Gasteiger partial charge on any atom is -0.493 e. The zero-order valence-electron chi connectivity index (χ0n) is 10.4. The molecular formula is C11H13BF4O4. The topological polar surface area (TPSA) is 58.9 Å².